The van der Waals surface area contributed by atoms with Gasteiger partial charge < -0.3 is 9.64 Å². The summed E-state index contributed by atoms with van der Waals surface area (Å²) in [6.45, 7) is 3.52. The van der Waals surface area contributed by atoms with E-state index in [-0.39, 0.29) is 11.3 Å². The van der Waals surface area contributed by atoms with Crippen LogP contribution in [-0.4, -0.2) is 39.1 Å². The number of fused-ring (bicyclic) bond motifs is 2. The summed E-state index contributed by atoms with van der Waals surface area (Å²) in [7, 11) is 0. The van der Waals surface area contributed by atoms with Crippen LogP contribution in [0.1, 0.15) is 60.3 Å². The minimum absolute atomic E-state index is 0.0519. The van der Waals surface area contributed by atoms with Crippen LogP contribution in [0.2, 0.25) is 0 Å². The lowest BCUT2D eigenvalue weighted by molar-refractivity contribution is -0.137. The number of aromatic nitrogens is 2. The summed E-state index contributed by atoms with van der Waals surface area (Å²) in [6.07, 6.45) is 2.07. The Bertz CT molecular complexity index is 1460. The van der Waals surface area contributed by atoms with E-state index >= 15 is 4.39 Å². The normalized spacial score (nSPS) is 19.5. The number of ether oxygens (including phenoxy) is 1. The molecule has 37 heavy (non-hydrogen) atoms. The number of benzene rings is 2. The van der Waals surface area contributed by atoms with Crippen LogP contribution in [-0.2, 0) is 4.79 Å². The summed E-state index contributed by atoms with van der Waals surface area (Å²) in [4.78, 5) is 40.3. The summed E-state index contributed by atoms with van der Waals surface area (Å²) >= 11 is 0. The topological polar surface area (TPSA) is 81.5 Å². The molecular formula is C27H24F3N3O4. The highest BCUT2D eigenvalue weighted by Crippen LogP contribution is 2.46. The molecular weight excluding hydrogens is 487 g/mol. The predicted octanol–water partition coefficient (Wildman–Crippen LogP) is 4.21. The van der Waals surface area contributed by atoms with Gasteiger partial charge in [-0.2, -0.15) is 5.10 Å². The number of esters is 1. The molecule has 0 aliphatic carbocycles. The van der Waals surface area contributed by atoms with Gasteiger partial charge >= 0.3 is 5.97 Å². The Morgan fingerprint density at radius 3 is 2.59 bits per heavy atom. The van der Waals surface area contributed by atoms with Crippen molar-refractivity contribution in [2.45, 2.75) is 44.7 Å². The van der Waals surface area contributed by atoms with Gasteiger partial charge in [-0.15, -0.1) is 0 Å². The number of halogens is 3. The third-order valence-corrected chi connectivity index (χ3v) is 6.95. The smallest absolute Gasteiger partial charge is 0.313 e. The Hall–Kier alpha value is -3.95. The molecule has 3 aromatic rings. The molecule has 3 atom stereocenters. The van der Waals surface area contributed by atoms with Crippen molar-refractivity contribution in [3.63, 3.8) is 0 Å². The van der Waals surface area contributed by atoms with Gasteiger partial charge in [0.25, 0.3) is 5.91 Å². The number of carbonyl (C=O) groups is 2. The van der Waals surface area contributed by atoms with Gasteiger partial charge in [-0.3, -0.25) is 14.4 Å². The zero-order valence-electron chi connectivity index (χ0n) is 20.2. The van der Waals surface area contributed by atoms with Crippen molar-refractivity contribution in [2.75, 3.05) is 6.54 Å². The molecule has 0 spiro atoms. The first-order chi connectivity index (χ1) is 17.7. The molecule has 2 aromatic carbocycles. The molecule has 5 rings (SSSR count). The monoisotopic (exact) mass is 511 g/mol. The van der Waals surface area contributed by atoms with E-state index < -0.39 is 64.4 Å². The minimum atomic E-state index is -1.10. The molecule has 10 heteroatoms. The molecule has 1 amide bonds. The molecule has 3 heterocycles. The molecule has 192 valence electrons. The second-order valence-corrected chi connectivity index (χ2v) is 9.58. The molecule has 1 saturated heterocycles. The Morgan fingerprint density at radius 2 is 1.86 bits per heavy atom. The maximum absolute atomic E-state index is 15.3. The third-order valence-electron chi connectivity index (χ3n) is 6.95. The van der Waals surface area contributed by atoms with Crippen molar-refractivity contribution in [1.82, 2.24) is 14.7 Å². The van der Waals surface area contributed by atoms with E-state index in [1.807, 2.05) is 0 Å². The van der Waals surface area contributed by atoms with Crippen LogP contribution in [0.4, 0.5) is 13.2 Å². The fraction of sp³-hybridized carbons (Fsp3) is 0.333. The average molecular weight is 512 g/mol. The van der Waals surface area contributed by atoms with Gasteiger partial charge in [-0.1, -0.05) is 38.1 Å². The highest BCUT2D eigenvalue weighted by atomic mass is 19.2. The maximum atomic E-state index is 15.3. The third kappa shape index (κ3) is 4.20. The second-order valence-electron chi connectivity index (χ2n) is 9.58. The highest BCUT2D eigenvalue weighted by molar-refractivity contribution is 5.97. The fourth-order valence-corrected chi connectivity index (χ4v) is 5.27. The van der Waals surface area contributed by atoms with Crippen molar-refractivity contribution < 1.29 is 27.5 Å². The van der Waals surface area contributed by atoms with Gasteiger partial charge in [-0.25, -0.2) is 17.9 Å². The molecule has 0 N–H and O–H groups in total. The van der Waals surface area contributed by atoms with Crippen molar-refractivity contribution >= 4 is 11.9 Å². The van der Waals surface area contributed by atoms with Gasteiger partial charge in [0.1, 0.15) is 5.82 Å². The van der Waals surface area contributed by atoms with E-state index in [0.29, 0.717) is 24.9 Å². The Balaban J connectivity index is 1.79. The molecule has 0 saturated carbocycles. The van der Waals surface area contributed by atoms with Gasteiger partial charge in [0.05, 0.1) is 24.2 Å². The van der Waals surface area contributed by atoms with Gasteiger partial charge in [0, 0.05) is 18.0 Å². The molecule has 1 unspecified atom stereocenters. The van der Waals surface area contributed by atoms with Crippen molar-refractivity contribution in [3.05, 3.63) is 93.2 Å². The Morgan fingerprint density at radius 1 is 1.11 bits per heavy atom. The van der Waals surface area contributed by atoms with E-state index in [0.717, 1.165) is 12.3 Å². The Labute approximate surface area is 210 Å². The summed E-state index contributed by atoms with van der Waals surface area (Å²) in [5.74, 6) is -6.05. The fourth-order valence-electron chi connectivity index (χ4n) is 5.27. The van der Waals surface area contributed by atoms with Crippen LogP contribution >= 0.6 is 0 Å². The van der Waals surface area contributed by atoms with Crippen molar-refractivity contribution in [3.8, 4) is 5.75 Å². The first-order valence-corrected chi connectivity index (χ1v) is 12.0. The van der Waals surface area contributed by atoms with Crippen LogP contribution < -0.4 is 10.2 Å². The summed E-state index contributed by atoms with van der Waals surface area (Å²) in [6, 6.07) is 7.90. The highest BCUT2D eigenvalue weighted by Gasteiger charge is 2.49. The average Bonchev–Trinajstić information content (AvgIpc) is 3.35. The van der Waals surface area contributed by atoms with E-state index in [1.165, 1.54) is 39.9 Å². The summed E-state index contributed by atoms with van der Waals surface area (Å²) < 4.78 is 50.8. The Kier molecular flexibility index (Phi) is 6.35. The zero-order chi connectivity index (χ0) is 26.4. The number of carbonyl (C=O) groups excluding carboxylic acids is 2. The quantitative estimate of drug-likeness (QED) is 0.480. The summed E-state index contributed by atoms with van der Waals surface area (Å²) in [5, 5.41) is 4.23. The van der Waals surface area contributed by atoms with Crippen molar-refractivity contribution in [1.29, 1.82) is 0 Å². The molecule has 1 aromatic heterocycles. The first kappa shape index (κ1) is 24.7. The van der Waals surface area contributed by atoms with Crippen LogP contribution in [0.5, 0.6) is 5.75 Å². The van der Waals surface area contributed by atoms with Crippen molar-refractivity contribution in [2.24, 2.45) is 5.92 Å². The standard InChI is InChI=1S/C27H24F3N3O4/c1-14(2)27(36)37-25-20(34)13-31-33-23(19-10-5-11-32(19)26(35)24(25)33)21(15-6-3-7-16(28)12-15)17-8-4-9-18(29)22(17)30/h3-4,6-9,12-14,19,21,23H,5,10-11H2,1-2H3/t19-,21?,23-/m1/s1. The maximum Gasteiger partial charge on any atom is 0.313 e. The second kappa shape index (κ2) is 9.49. The lowest BCUT2D eigenvalue weighted by Gasteiger charge is -2.42. The van der Waals surface area contributed by atoms with Crippen LogP contribution in [0.3, 0.4) is 0 Å². The predicted molar refractivity (Wildman–Crippen MR) is 127 cm³/mol. The number of rotatable bonds is 5. The summed E-state index contributed by atoms with van der Waals surface area (Å²) in [5.41, 5.74) is -0.723. The number of nitrogens with zero attached hydrogens (tertiary/aromatic N) is 3. The first-order valence-electron chi connectivity index (χ1n) is 12.0. The molecule has 2 aliphatic heterocycles. The molecule has 2 aliphatic rings. The van der Waals surface area contributed by atoms with Crippen LogP contribution in [0.15, 0.2) is 53.5 Å². The van der Waals surface area contributed by atoms with E-state index in [1.54, 1.807) is 19.9 Å². The van der Waals surface area contributed by atoms with Crippen LogP contribution in [0.25, 0.3) is 0 Å². The van der Waals surface area contributed by atoms with Crippen LogP contribution in [0, 0.1) is 23.4 Å². The van der Waals surface area contributed by atoms with E-state index in [2.05, 4.69) is 5.10 Å². The van der Waals surface area contributed by atoms with Gasteiger partial charge in [0.15, 0.2) is 17.3 Å². The van der Waals surface area contributed by atoms with Gasteiger partial charge in [0.2, 0.25) is 11.2 Å². The largest absolute Gasteiger partial charge is 0.420 e. The lowest BCUT2D eigenvalue weighted by atomic mass is 9.79. The number of hydrogen-bond acceptors (Lipinski definition) is 5. The zero-order valence-corrected chi connectivity index (χ0v) is 20.2. The lowest BCUT2D eigenvalue weighted by Crippen LogP contribution is -2.51. The van der Waals surface area contributed by atoms with E-state index in [4.69, 9.17) is 4.74 Å². The number of hydrogen-bond donors (Lipinski definition) is 0. The molecule has 7 nitrogen and oxygen atoms in total. The molecule has 1 fully saturated rings. The van der Waals surface area contributed by atoms with E-state index in [9.17, 15) is 23.2 Å². The number of amides is 1. The molecule has 0 bridgehead atoms. The molecule has 0 radical (unpaired) electrons. The SMILES string of the molecule is CC(C)C(=O)Oc1c2n(ncc1=O)[C@@H](C(c1cccc(F)c1)c1cccc(F)c1F)[C@H]1CCCN1C2=O. The van der Waals surface area contributed by atoms with Gasteiger partial charge in [-0.05, 0) is 36.6 Å². The minimum Gasteiger partial charge on any atom is -0.420 e.